The van der Waals surface area contributed by atoms with E-state index < -0.39 is 11.5 Å². The number of hydrogen-bond donors (Lipinski definition) is 1. The first-order valence-electron chi connectivity index (χ1n) is 4.05. The van der Waals surface area contributed by atoms with Crippen molar-refractivity contribution in [3.05, 3.63) is 29.6 Å². The van der Waals surface area contributed by atoms with E-state index in [-0.39, 0.29) is 11.3 Å². The lowest BCUT2D eigenvalue weighted by molar-refractivity contribution is 0.630. The molecule has 1 aromatic rings. The number of anilines is 1. The molecule has 0 aliphatic carbocycles. The van der Waals surface area contributed by atoms with Gasteiger partial charge in [-0.05, 0) is 12.1 Å². The molecule has 76 valence electrons. The van der Waals surface area contributed by atoms with Crippen molar-refractivity contribution in [3.8, 4) is 18.2 Å². The van der Waals surface area contributed by atoms with Crippen LogP contribution in [0.2, 0.25) is 0 Å². The van der Waals surface area contributed by atoms with Crippen LogP contribution in [0.15, 0.2) is 23.3 Å². The maximum Gasteiger partial charge on any atom is 0.237 e. The molecule has 1 rings (SSSR count). The summed E-state index contributed by atoms with van der Waals surface area (Å²) in [4.78, 5) is 0. The zero-order valence-corrected chi connectivity index (χ0v) is 7.90. The maximum atomic E-state index is 13.2. The quantitative estimate of drug-likeness (QED) is 0.594. The van der Waals surface area contributed by atoms with Crippen molar-refractivity contribution in [3.63, 3.8) is 0 Å². The highest BCUT2D eigenvalue weighted by Gasteiger charge is 2.07. The minimum atomic E-state index is -0.682. The molecule has 0 unspecified atom stereocenters. The van der Waals surface area contributed by atoms with Crippen molar-refractivity contribution >= 4 is 11.4 Å². The largest absolute Gasteiger partial charge is 0.272 e. The summed E-state index contributed by atoms with van der Waals surface area (Å²) in [5.41, 5.74) is 1.61. The van der Waals surface area contributed by atoms with E-state index >= 15 is 0 Å². The van der Waals surface area contributed by atoms with E-state index in [1.54, 1.807) is 6.07 Å². The van der Waals surface area contributed by atoms with Gasteiger partial charge >= 0.3 is 0 Å². The van der Waals surface area contributed by atoms with Gasteiger partial charge in [-0.15, -0.1) is 0 Å². The Hall–Kier alpha value is -2.91. The molecule has 0 aromatic heterocycles. The van der Waals surface area contributed by atoms with Crippen molar-refractivity contribution < 1.29 is 4.39 Å². The molecule has 0 atom stereocenters. The number of para-hydroxylation sites is 1. The van der Waals surface area contributed by atoms with Crippen molar-refractivity contribution in [1.29, 1.82) is 15.8 Å². The monoisotopic (exact) mass is 213 g/mol. The molecule has 0 radical (unpaired) electrons. The van der Waals surface area contributed by atoms with Crippen LogP contribution < -0.4 is 5.43 Å². The highest BCUT2D eigenvalue weighted by atomic mass is 19.1. The van der Waals surface area contributed by atoms with E-state index in [1.165, 1.54) is 24.3 Å². The minimum absolute atomic E-state index is 0.0407. The summed E-state index contributed by atoms with van der Waals surface area (Å²) in [5, 5.41) is 28.8. The molecule has 5 nitrogen and oxygen atoms in total. The Bertz CT molecular complexity index is 540. The van der Waals surface area contributed by atoms with Gasteiger partial charge in [-0.2, -0.15) is 20.9 Å². The maximum absolute atomic E-state index is 13.2. The summed E-state index contributed by atoms with van der Waals surface area (Å²) in [6.45, 7) is 0. The first kappa shape index (κ1) is 11.2. The Labute approximate surface area is 90.6 Å². The lowest BCUT2D eigenvalue weighted by atomic mass is 10.2. The van der Waals surface area contributed by atoms with E-state index in [1.807, 2.05) is 0 Å². The van der Waals surface area contributed by atoms with E-state index in [0.29, 0.717) is 0 Å². The Morgan fingerprint density at radius 1 is 1.25 bits per heavy atom. The first-order chi connectivity index (χ1) is 7.72. The Morgan fingerprint density at radius 2 is 1.94 bits per heavy atom. The SMILES string of the molecule is N#CC(C#N)=NNc1c(F)cccc1C#N. The van der Waals surface area contributed by atoms with Gasteiger partial charge in [0, 0.05) is 0 Å². The fourth-order valence-corrected chi connectivity index (χ4v) is 0.918. The Balaban J connectivity index is 3.09. The summed E-state index contributed by atoms with van der Waals surface area (Å²) in [6, 6.07) is 8.66. The summed E-state index contributed by atoms with van der Waals surface area (Å²) in [5.74, 6) is -0.682. The fraction of sp³-hybridized carbons (Fsp3) is 0. The van der Waals surface area contributed by atoms with Crippen LogP contribution in [0.25, 0.3) is 0 Å². The van der Waals surface area contributed by atoms with Crippen LogP contribution in [-0.4, -0.2) is 5.71 Å². The molecule has 6 heteroatoms. The molecule has 0 heterocycles. The van der Waals surface area contributed by atoms with Crippen LogP contribution in [0.4, 0.5) is 10.1 Å². The van der Waals surface area contributed by atoms with Crippen molar-refractivity contribution in [1.82, 2.24) is 0 Å². The van der Waals surface area contributed by atoms with Crippen LogP contribution in [0.3, 0.4) is 0 Å². The third kappa shape index (κ3) is 2.31. The molecule has 0 saturated heterocycles. The standard InChI is InChI=1S/C10H4FN5/c11-9-3-1-2-7(4-12)10(9)16-15-8(5-13)6-14/h1-3,16H. The molecule has 0 bridgehead atoms. The van der Waals surface area contributed by atoms with Crippen LogP contribution in [0, 0.1) is 39.8 Å². The van der Waals surface area contributed by atoms with Crippen LogP contribution in [0.1, 0.15) is 5.56 Å². The number of halogens is 1. The van der Waals surface area contributed by atoms with E-state index in [2.05, 4.69) is 10.5 Å². The van der Waals surface area contributed by atoms with Gasteiger partial charge in [0.15, 0.2) is 0 Å². The molecule has 16 heavy (non-hydrogen) atoms. The summed E-state index contributed by atoms with van der Waals surface area (Å²) < 4.78 is 13.2. The van der Waals surface area contributed by atoms with Crippen LogP contribution >= 0.6 is 0 Å². The molecular formula is C10H4FN5. The highest BCUT2D eigenvalue weighted by Crippen LogP contribution is 2.18. The number of rotatable bonds is 2. The van der Waals surface area contributed by atoms with Gasteiger partial charge in [-0.3, -0.25) is 5.43 Å². The van der Waals surface area contributed by atoms with Gasteiger partial charge < -0.3 is 0 Å². The molecule has 0 saturated carbocycles. The molecule has 0 spiro atoms. The zero-order chi connectivity index (χ0) is 12.0. The second-order valence-corrected chi connectivity index (χ2v) is 2.57. The van der Waals surface area contributed by atoms with Gasteiger partial charge in [0.2, 0.25) is 5.71 Å². The first-order valence-corrected chi connectivity index (χ1v) is 4.05. The molecular weight excluding hydrogens is 209 g/mol. The zero-order valence-electron chi connectivity index (χ0n) is 7.90. The van der Waals surface area contributed by atoms with Gasteiger partial charge in [0.05, 0.1) is 5.56 Å². The number of hydrazone groups is 1. The van der Waals surface area contributed by atoms with Gasteiger partial charge in [0.25, 0.3) is 0 Å². The number of nitrogens with zero attached hydrogens (tertiary/aromatic N) is 4. The van der Waals surface area contributed by atoms with Crippen LogP contribution in [0.5, 0.6) is 0 Å². The third-order valence-corrected chi connectivity index (χ3v) is 1.63. The summed E-state index contributed by atoms with van der Waals surface area (Å²) >= 11 is 0. The van der Waals surface area contributed by atoms with Crippen molar-refractivity contribution in [2.24, 2.45) is 5.10 Å². The number of hydrogen-bond acceptors (Lipinski definition) is 5. The van der Waals surface area contributed by atoms with Crippen molar-refractivity contribution in [2.45, 2.75) is 0 Å². The minimum Gasteiger partial charge on any atom is -0.272 e. The van der Waals surface area contributed by atoms with E-state index in [0.717, 1.165) is 6.07 Å². The Morgan fingerprint density at radius 3 is 2.50 bits per heavy atom. The summed E-state index contributed by atoms with van der Waals surface area (Å²) in [7, 11) is 0. The molecule has 1 aromatic carbocycles. The van der Waals surface area contributed by atoms with Crippen molar-refractivity contribution in [2.75, 3.05) is 5.43 Å². The molecule has 0 amide bonds. The number of nitrogens with one attached hydrogen (secondary N) is 1. The molecule has 0 aliphatic heterocycles. The predicted molar refractivity (Wildman–Crippen MR) is 53.4 cm³/mol. The highest BCUT2D eigenvalue weighted by molar-refractivity contribution is 6.10. The fourth-order valence-electron chi connectivity index (χ4n) is 0.918. The topological polar surface area (TPSA) is 95.8 Å². The normalized spacial score (nSPS) is 8.12. The van der Waals surface area contributed by atoms with E-state index in [9.17, 15) is 4.39 Å². The smallest absolute Gasteiger partial charge is 0.237 e. The number of benzene rings is 1. The molecule has 0 aliphatic rings. The average Bonchev–Trinajstić information content (AvgIpc) is 2.31. The summed E-state index contributed by atoms with van der Waals surface area (Å²) in [6.07, 6.45) is 0. The molecule has 0 fully saturated rings. The Kier molecular flexibility index (Phi) is 3.55. The average molecular weight is 213 g/mol. The van der Waals surface area contributed by atoms with Gasteiger partial charge in [-0.1, -0.05) is 6.07 Å². The second kappa shape index (κ2) is 5.09. The third-order valence-electron chi connectivity index (χ3n) is 1.63. The number of nitriles is 3. The van der Waals surface area contributed by atoms with Gasteiger partial charge in [-0.25, -0.2) is 4.39 Å². The van der Waals surface area contributed by atoms with Gasteiger partial charge in [0.1, 0.15) is 29.7 Å². The molecule has 1 N–H and O–H groups in total. The predicted octanol–water partition coefficient (Wildman–Crippen LogP) is 1.51. The van der Waals surface area contributed by atoms with Crippen LogP contribution in [-0.2, 0) is 0 Å². The lowest BCUT2D eigenvalue weighted by Gasteiger charge is -2.03. The second-order valence-electron chi connectivity index (χ2n) is 2.57. The van der Waals surface area contributed by atoms with E-state index in [4.69, 9.17) is 15.8 Å². The lowest BCUT2D eigenvalue weighted by Crippen LogP contribution is -2.00.